The molecular weight excluding hydrogens is 282 g/mol. The molecule has 3 N–H and O–H groups in total. The number of anilines is 1. The Labute approximate surface area is 99.9 Å². The maximum absolute atomic E-state index is 10.8. The van der Waals surface area contributed by atoms with Crippen LogP contribution in [0.15, 0.2) is 16.6 Å². The van der Waals surface area contributed by atoms with Gasteiger partial charge in [-0.25, -0.2) is 0 Å². The van der Waals surface area contributed by atoms with E-state index in [1.807, 2.05) is 0 Å². The molecule has 0 heterocycles. The fraction of sp³-hybridized carbons (Fsp3) is 0.125. The predicted molar refractivity (Wildman–Crippen MR) is 65.9 cm³/mol. The SMILES string of the molecule is Cc1c(NC(N)=S)ccc(Br)c1[N+](=O)[O-]. The zero-order valence-corrected chi connectivity index (χ0v) is 10.2. The molecule has 0 saturated heterocycles. The molecule has 15 heavy (non-hydrogen) atoms. The molecule has 0 unspecified atom stereocenters. The summed E-state index contributed by atoms with van der Waals surface area (Å²) in [6.07, 6.45) is 0. The van der Waals surface area contributed by atoms with Gasteiger partial charge in [0.15, 0.2) is 5.11 Å². The van der Waals surface area contributed by atoms with Crippen molar-refractivity contribution in [1.29, 1.82) is 0 Å². The summed E-state index contributed by atoms with van der Waals surface area (Å²) in [5.41, 5.74) is 6.33. The molecule has 0 aromatic heterocycles. The third kappa shape index (κ3) is 2.63. The highest BCUT2D eigenvalue weighted by atomic mass is 79.9. The molecule has 1 aromatic carbocycles. The number of nitrogens with zero attached hydrogens (tertiary/aromatic N) is 1. The fourth-order valence-electron chi connectivity index (χ4n) is 1.16. The normalized spacial score (nSPS) is 9.73. The van der Waals surface area contributed by atoms with Crippen LogP contribution >= 0.6 is 28.1 Å². The van der Waals surface area contributed by atoms with Crippen molar-refractivity contribution in [2.45, 2.75) is 6.92 Å². The van der Waals surface area contributed by atoms with Gasteiger partial charge >= 0.3 is 0 Å². The topological polar surface area (TPSA) is 81.2 Å². The first-order valence-electron chi connectivity index (χ1n) is 3.93. The van der Waals surface area contributed by atoms with Gasteiger partial charge in [0.05, 0.1) is 20.6 Å². The number of rotatable bonds is 2. The average molecular weight is 290 g/mol. The van der Waals surface area contributed by atoms with Gasteiger partial charge in [-0.3, -0.25) is 10.1 Å². The van der Waals surface area contributed by atoms with Crippen LogP contribution in [-0.2, 0) is 0 Å². The van der Waals surface area contributed by atoms with Gasteiger partial charge in [-0.2, -0.15) is 0 Å². The highest BCUT2D eigenvalue weighted by Gasteiger charge is 2.18. The number of nitro benzene ring substituents is 1. The molecule has 0 aliphatic heterocycles. The molecule has 0 saturated carbocycles. The largest absolute Gasteiger partial charge is 0.376 e. The number of hydrogen-bond acceptors (Lipinski definition) is 3. The van der Waals surface area contributed by atoms with Gasteiger partial charge in [0.2, 0.25) is 0 Å². The van der Waals surface area contributed by atoms with E-state index < -0.39 is 4.92 Å². The lowest BCUT2D eigenvalue weighted by atomic mass is 10.1. The van der Waals surface area contributed by atoms with Crippen molar-refractivity contribution in [3.63, 3.8) is 0 Å². The highest BCUT2D eigenvalue weighted by Crippen LogP contribution is 2.33. The van der Waals surface area contributed by atoms with E-state index in [-0.39, 0.29) is 10.8 Å². The summed E-state index contributed by atoms with van der Waals surface area (Å²) in [7, 11) is 0. The first-order valence-corrected chi connectivity index (χ1v) is 5.13. The van der Waals surface area contributed by atoms with E-state index in [1.54, 1.807) is 19.1 Å². The van der Waals surface area contributed by atoms with E-state index in [9.17, 15) is 10.1 Å². The first kappa shape index (κ1) is 11.9. The number of thiocarbonyl (C=S) groups is 1. The molecule has 1 rings (SSSR count). The monoisotopic (exact) mass is 289 g/mol. The molecule has 0 bridgehead atoms. The van der Waals surface area contributed by atoms with Gasteiger partial charge in [-0.1, -0.05) is 0 Å². The smallest absolute Gasteiger partial charge is 0.288 e. The minimum atomic E-state index is -0.454. The lowest BCUT2D eigenvalue weighted by Gasteiger charge is -2.08. The minimum absolute atomic E-state index is 0.0104. The van der Waals surface area contributed by atoms with Crippen molar-refractivity contribution < 1.29 is 4.92 Å². The van der Waals surface area contributed by atoms with Crippen molar-refractivity contribution >= 4 is 44.6 Å². The Balaban J connectivity index is 3.28. The van der Waals surface area contributed by atoms with Crippen LogP contribution in [-0.4, -0.2) is 10.0 Å². The van der Waals surface area contributed by atoms with Crippen LogP contribution < -0.4 is 11.1 Å². The Morgan fingerprint density at radius 2 is 2.27 bits per heavy atom. The van der Waals surface area contributed by atoms with Crippen LogP contribution in [0.2, 0.25) is 0 Å². The van der Waals surface area contributed by atoms with Gasteiger partial charge in [0, 0.05) is 0 Å². The average Bonchev–Trinajstić information content (AvgIpc) is 2.09. The molecule has 0 aliphatic rings. The lowest BCUT2D eigenvalue weighted by molar-refractivity contribution is -0.386. The van der Waals surface area contributed by atoms with E-state index in [2.05, 4.69) is 33.5 Å². The summed E-state index contributed by atoms with van der Waals surface area (Å²) in [6, 6.07) is 3.25. The van der Waals surface area contributed by atoms with Crippen LogP contribution in [0.5, 0.6) is 0 Å². The second kappa shape index (κ2) is 4.54. The van der Waals surface area contributed by atoms with Crippen LogP contribution in [0.3, 0.4) is 0 Å². The van der Waals surface area contributed by atoms with Crippen molar-refractivity contribution in [2.75, 3.05) is 5.32 Å². The van der Waals surface area contributed by atoms with Crippen LogP contribution in [0.1, 0.15) is 5.56 Å². The van der Waals surface area contributed by atoms with Crippen LogP contribution in [0, 0.1) is 17.0 Å². The number of hydrogen-bond donors (Lipinski definition) is 2. The molecule has 0 atom stereocenters. The van der Waals surface area contributed by atoms with Gasteiger partial charge < -0.3 is 11.1 Å². The molecule has 0 aliphatic carbocycles. The van der Waals surface area contributed by atoms with Crippen molar-refractivity contribution in [3.8, 4) is 0 Å². The van der Waals surface area contributed by atoms with E-state index in [1.165, 1.54) is 0 Å². The summed E-state index contributed by atoms with van der Waals surface area (Å²) in [6.45, 7) is 1.63. The van der Waals surface area contributed by atoms with Crippen LogP contribution in [0.4, 0.5) is 11.4 Å². The Kier molecular flexibility index (Phi) is 3.59. The molecule has 0 spiro atoms. The van der Waals surface area contributed by atoms with E-state index in [4.69, 9.17) is 5.73 Å². The molecule has 5 nitrogen and oxygen atoms in total. The Morgan fingerprint density at radius 1 is 1.67 bits per heavy atom. The first-order chi connectivity index (χ1) is 6.93. The summed E-state index contributed by atoms with van der Waals surface area (Å²) < 4.78 is 0.429. The minimum Gasteiger partial charge on any atom is -0.376 e. The van der Waals surface area contributed by atoms with Gasteiger partial charge in [0.25, 0.3) is 5.69 Å². The lowest BCUT2D eigenvalue weighted by Crippen LogP contribution is -2.19. The van der Waals surface area contributed by atoms with E-state index >= 15 is 0 Å². The molecule has 0 fully saturated rings. The quantitative estimate of drug-likeness (QED) is 0.496. The summed E-state index contributed by atoms with van der Waals surface area (Å²) in [5.74, 6) is 0. The van der Waals surface area contributed by atoms with Crippen LogP contribution in [0.25, 0.3) is 0 Å². The Bertz CT molecular complexity index is 436. The molecule has 0 radical (unpaired) electrons. The van der Waals surface area contributed by atoms with E-state index in [0.29, 0.717) is 15.7 Å². The van der Waals surface area contributed by atoms with Gasteiger partial charge in [-0.15, -0.1) is 0 Å². The Hall–Kier alpha value is -1.21. The molecule has 80 valence electrons. The standard InChI is InChI=1S/C8H8BrN3O2S/c1-4-6(11-8(10)15)3-2-5(9)7(4)12(13)14/h2-3H,1H3,(H3,10,11,15). The summed E-state index contributed by atoms with van der Waals surface area (Å²) in [4.78, 5) is 10.3. The number of nitrogens with one attached hydrogen (secondary N) is 1. The fourth-order valence-corrected chi connectivity index (χ4v) is 1.84. The van der Waals surface area contributed by atoms with E-state index in [0.717, 1.165) is 0 Å². The second-order valence-corrected chi connectivity index (χ2v) is 4.11. The summed E-state index contributed by atoms with van der Waals surface area (Å²) in [5, 5.41) is 13.5. The van der Waals surface area contributed by atoms with Crippen molar-refractivity contribution in [1.82, 2.24) is 0 Å². The zero-order valence-electron chi connectivity index (χ0n) is 7.78. The molecule has 0 amide bonds. The van der Waals surface area contributed by atoms with Crippen molar-refractivity contribution in [3.05, 3.63) is 32.3 Å². The summed E-state index contributed by atoms with van der Waals surface area (Å²) >= 11 is 7.78. The molecule has 1 aromatic rings. The van der Waals surface area contributed by atoms with Gasteiger partial charge in [-0.05, 0) is 47.2 Å². The maximum Gasteiger partial charge on any atom is 0.288 e. The van der Waals surface area contributed by atoms with Crippen molar-refractivity contribution in [2.24, 2.45) is 5.73 Å². The molecule has 7 heteroatoms. The highest BCUT2D eigenvalue weighted by molar-refractivity contribution is 9.10. The third-order valence-corrected chi connectivity index (χ3v) is 2.56. The third-order valence-electron chi connectivity index (χ3n) is 1.82. The molecular formula is C8H8BrN3O2S. The number of halogens is 1. The number of nitro groups is 1. The van der Waals surface area contributed by atoms with Gasteiger partial charge in [0.1, 0.15) is 0 Å². The second-order valence-electron chi connectivity index (χ2n) is 2.81. The zero-order chi connectivity index (χ0) is 11.6. The Morgan fingerprint density at radius 3 is 2.73 bits per heavy atom. The predicted octanol–water partition coefficient (Wildman–Crippen LogP) is 2.32. The maximum atomic E-state index is 10.8. The number of benzene rings is 1. The number of nitrogens with two attached hydrogens (primary N) is 1.